The number of anilines is 1. The van der Waals surface area contributed by atoms with Crippen molar-refractivity contribution in [2.24, 2.45) is 0 Å². The summed E-state index contributed by atoms with van der Waals surface area (Å²) >= 11 is 0.933. The molecule has 1 atom stereocenters. The molecule has 1 unspecified atom stereocenters. The lowest BCUT2D eigenvalue weighted by Gasteiger charge is -2.31. The lowest BCUT2D eigenvalue weighted by molar-refractivity contribution is -0.114. The van der Waals surface area contributed by atoms with Crippen LogP contribution in [0.25, 0.3) is 0 Å². The van der Waals surface area contributed by atoms with Crippen molar-refractivity contribution >= 4 is 32.4 Å². The summed E-state index contributed by atoms with van der Waals surface area (Å²) in [4.78, 5) is 23.4. The Balaban J connectivity index is 1.68. The molecule has 0 aromatic carbocycles. The minimum absolute atomic E-state index is 0.0930. The van der Waals surface area contributed by atoms with Crippen LogP contribution in [0.3, 0.4) is 0 Å². The van der Waals surface area contributed by atoms with Gasteiger partial charge in [-0.3, -0.25) is 4.79 Å². The van der Waals surface area contributed by atoms with Crippen LogP contribution >= 0.6 is 11.3 Å². The van der Waals surface area contributed by atoms with Gasteiger partial charge in [-0.15, -0.1) is 0 Å². The number of nitrogens with zero attached hydrogens (tertiary/aromatic N) is 4. The zero-order valence-electron chi connectivity index (χ0n) is 15.1. The van der Waals surface area contributed by atoms with E-state index >= 15 is 0 Å². The van der Waals surface area contributed by atoms with Gasteiger partial charge in [-0.2, -0.15) is 4.31 Å². The average molecular weight is 412 g/mol. The van der Waals surface area contributed by atoms with E-state index in [1.165, 1.54) is 17.4 Å². The molecular weight excluding hydrogens is 390 g/mol. The second-order valence-electron chi connectivity index (χ2n) is 6.14. The van der Waals surface area contributed by atoms with Gasteiger partial charge in [-0.05, 0) is 24.8 Å². The highest BCUT2D eigenvalue weighted by Crippen LogP contribution is 2.28. The Labute approximate surface area is 161 Å². The molecule has 11 heteroatoms. The quantitative estimate of drug-likeness (QED) is 0.769. The molecule has 0 spiro atoms. The first kappa shape index (κ1) is 19.6. The molecule has 0 bridgehead atoms. The maximum atomic E-state index is 12.9. The van der Waals surface area contributed by atoms with Crippen LogP contribution in [0.2, 0.25) is 0 Å². The summed E-state index contributed by atoms with van der Waals surface area (Å²) in [5.41, 5.74) is 1.01. The molecule has 146 valence electrons. The van der Waals surface area contributed by atoms with Crippen molar-refractivity contribution in [3.8, 4) is 6.01 Å². The molecule has 1 amide bonds. The second kappa shape index (κ2) is 8.28. The van der Waals surface area contributed by atoms with E-state index in [9.17, 15) is 13.2 Å². The third-order valence-corrected chi connectivity index (χ3v) is 7.28. The fourth-order valence-corrected chi connectivity index (χ4v) is 5.41. The molecule has 0 saturated carbocycles. The van der Waals surface area contributed by atoms with Crippen LogP contribution in [0.1, 0.15) is 32.3 Å². The van der Waals surface area contributed by atoms with Gasteiger partial charge in [0.1, 0.15) is 6.10 Å². The maximum absolute atomic E-state index is 12.9. The summed E-state index contributed by atoms with van der Waals surface area (Å²) in [7, 11) is -3.70. The fourth-order valence-electron chi connectivity index (χ4n) is 2.67. The van der Waals surface area contributed by atoms with Crippen molar-refractivity contribution in [2.45, 2.75) is 43.4 Å². The fraction of sp³-hybridized carbons (Fsp3) is 0.500. The first-order valence-corrected chi connectivity index (χ1v) is 10.8. The van der Waals surface area contributed by atoms with E-state index in [-0.39, 0.29) is 33.9 Å². The number of ether oxygens (including phenoxy) is 1. The molecule has 2 aromatic rings. The lowest BCUT2D eigenvalue weighted by atomic mass is 10.1. The highest BCUT2D eigenvalue weighted by molar-refractivity contribution is 7.91. The van der Waals surface area contributed by atoms with E-state index in [1.807, 2.05) is 6.92 Å². The molecule has 1 aliphatic heterocycles. The number of rotatable bonds is 6. The van der Waals surface area contributed by atoms with Crippen molar-refractivity contribution in [3.63, 3.8) is 0 Å². The molecule has 27 heavy (non-hydrogen) atoms. The SMILES string of the molecule is CCc1cnc(OC2CCCN(S(=O)(=O)c3cnc(NC(C)=O)s3)C2)nc1. The van der Waals surface area contributed by atoms with Crippen LogP contribution < -0.4 is 10.1 Å². The number of thiazole rings is 1. The molecular formula is C16H21N5O4S2. The first-order chi connectivity index (χ1) is 12.9. The van der Waals surface area contributed by atoms with Gasteiger partial charge in [-0.1, -0.05) is 18.3 Å². The van der Waals surface area contributed by atoms with E-state index in [1.54, 1.807) is 12.4 Å². The van der Waals surface area contributed by atoms with E-state index in [4.69, 9.17) is 4.74 Å². The summed E-state index contributed by atoms with van der Waals surface area (Å²) < 4.78 is 33.0. The number of sulfonamides is 1. The third kappa shape index (κ3) is 4.79. The van der Waals surface area contributed by atoms with Crippen molar-refractivity contribution in [1.82, 2.24) is 19.3 Å². The number of amides is 1. The number of carbonyl (C=O) groups is 1. The molecule has 9 nitrogen and oxygen atoms in total. The van der Waals surface area contributed by atoms with E-state index in [2.05, 4.69) is 20.3 Å². The largest absolute Gasteiger partial charge is 0.459 e. The Morgan fingerprint density at radius 1 is 1.33 bits per heavy atom. The number of aryl methyl sites for hydroxylation is 1. The Morgan fingerprint density at radius 2 is 2.07 bits per heavy atom. The predicted molar refractivity (Wildman–Crippen MR) is 100 cm³/mol. The van der Waals surface area contributed by atoms with E-state index < -0.39 is 10.0 Å². The van der Waals surface area contributed by atoms with Crippen LogP contribution in [-0.4, -0.2) is 52.8 Å². The van der Waals surface area contributed by atoms with Crippen LogP contribution in [0, 0.1) is 0 Å². The Hall–Kier alpha value is -2.11. The van der Waals surface area contributed by atoms with Crippen LogP contribution in [0.5, 0.6) is 6.01 Å². The van der Waals surface area contributed by atoms with Crippen molar-refractivity contribution in [3.05, 3.63) is 24.2 Å². The number of carbonyl (C=O) groups excluding carboxylic acids is 1. The van der Waals surface area contributed by atoms with Crippen LogP contribution in [-0.2, 0) is 21.2 Å². The predicted octanol–water partition coefficient (Wildman–Crippen LogP) is 1.69. The molecule has 3 rings (SSSR count). The summed E-state index contributed by atoms with van der Waals surface area (Å²) in [5.74, 6) is -0.297. The van der Waals surface area contributed by atoms with Gasteiger partial charge in [0.25, 0.3) is 10.0 Å². The standard InChI is InChI=1S/C16H21N5O4S2/c1-3-12-7-17-15(18-8-12)25-13-5-4-6-21(10-13)27(23,24)14-9-19-16(26-14)20-11(2)22/h7-9,13H,3-6,10H2,1-2H3,(H,19,20,22). The lowest BCUT2D eigenvalue weighted by Crippen LogP contribution is -2.44. The number of hydrogen-bond donors (Lipinski definition) is 1. The van der Waals surface area contributed by atoms with Crippen molar-refractivity contribution < 1.29 is 17.9 Å². The van der Waals surface area contributed by atoms with Crippen LogP contribution in [0.15, 0.2) is 22.8 Å². The van der Waals surface area contributed by atoms with E-state index in [0.717, 1.165) is 29.7 Å². The highest BCUT2D eigenvalue weighted by Gasteiger charge is 2.33. The first-order valence-electron chi connectivity index (χ1n) is 8.59. The van der Waals surface area contributed by atoms with Gasteiger partial charge < -0.3 is 10.1 Å². The molecule has 1 aliphatic rings. The Bertz CT molecular complexity index is 898. The summed E-state index contributed by atoms with van der Waals surface area (Å²) in [5, 5.41) is 2.75. The highest BCUT2D eigenvalue weighted by atomic mass is 32.2. The number of aromatic nitrogens is 3. The maximum Gasteiger partial charge on any atom is 0.316 e. The topological polar surface area (TPSA) is 114 Å². The average Bonchev–Trinajstić information content (AvgIpc) is 3.11. The van der Waals surface area contributed by atoms with Gasteiger partial charge in [0.15, 0.2) is 9.34 Å². The van der Waals surface area contributed by atoms with Gasteiger partial charge in [-0.25, -0.2) is 23.4 Å². The molecule has 1 N–H and O–H groups in total. The number of nitrogens with one attached hydrogen (secondary N) is 1. The molecule has 3 heterocycles. The normalized spacial score (nSPS) is 18.2. The second-order valence-corrected chi connectivity index (χ2v) is 9.33. The van der Waals surface area contributed by atoms with Crippen LogP contribution in [0.4, 0.5) is 5.13 Å². The minimum Gasteiger partial charge on any atom is -0.459 e. The molecule has 1 saturated heterocycles. The number of piperidine rings is 1. The summed E-state index contributed by atoms with van der Waals surface area (Å²) in [6.07, 6.45) is 6.61. The monoisotopic (exact) mass is 411 g/mol. The Kier molecular flexibility index (Phi) is 6.02. The molecule has 2 aromatic heterocycles. The summed E-state index contributed by atoms with van der Waals surface area (Å²) in [6.45, 7) is 3.98. The van der Waals surface area contributed by atoms with E-state index in [0.29, 0.717) is 13.0 Å². The zero-order valence-corrected chi connectivity index (χ0v) is 16.7. The molecule has 0 aliphatic carbocycles. The number of hydrogen-bond acceptors (Lipinski definition) is 8. The molecule has 1 fully saturated rings. The summed E-state index contributed by atoms with van der Waals surface area (Å²) in [6, 6.07) is 0.252. The zero-order chi connectivity index (χ0) is 19.4. The van der Waals surface area contributed by atoms with Gasteiger partial charge in [0.05, 0.1) is 12.7 Å². The van der Waals surface area contributed by atoms with Gasteiger partial charge >= 0.3 is 6.01 Å². The smallest absolute Gasteiger partial charge is 0.316 e. The Morgan fingerprint density at radius 3 is 2.74 bits per heavy atom. The van der Waals surface area contributed by atoms with Gasteiger partial charge in [0.2, 0.25) is 5.91 Å². The third-order valence-electron chi connectivity index (χ3n) is 4.06. The van der Waals surface area contributed by atoms with Gasteiger partial charge in [0, 0.05) is 25.9 Å². The minimum atomic E-state index is -3.70. The van der Waals surface area contributed by atoms with Crippen molar-refractivity contribution in [2.75, 3.05) is 18.4 Å². The molecule has 0 radical (unpaired) electrons. The van der Waals surface area contributed by atoms with Crippen molar-refractivity contribution in [1.29, 1.82) is 0 Å².